The molecule has 0 unspecified atom stereocenters. The quantitative estimate of drug-likeness (QED) is 0.693. The number of aromatic amines is 1. The minimum atomic E-state index is -0.254. The fourth-order valence-electron chi connectivity index (χ4n) is 2.44. The zero-order valence-corrected chi connectivity index (χ0v) is 14.1. The molecule has 0 fully saturated rings. The van der Waals surface area contributed by atoms with Crippen molar-refractivity contribution in [2.45, 2.75) is 30.3 Å². The first-order valence-electron chi connectivity index (χ1n) is 7.75. The summed E-state index contributed by atoms with van der Waals surface area (Å²) >= 11 is 1.48. The first-order valence-corrected chi connectivity index (χ1v) is 8.62. The third-order valence-electron chi connectivity index (χ3n) is 3.81. The average Bonchev–Trinajstić information content (AvgIpc) is 2.94. The summed E-state index contributed by atoms with van der Waals surface area (Å²) in [5, 5.41) is 7.35. The van der Waals surface area contributed by atoms with E-state index in [0.29, 0.717) is 11.7 Å². The topological polar surface area (TPSA) is 50.7 Å². The molecule has 3 rings (SSSR count). The highest BCUT2D eigenvalue weighted by molar-refractivity contribution is 7.99. The Kier molecular flexibility index (Phi) is 5.15. The number of rotatable bonds is 6. The molecule has 6 heteroatoms. The molecule has 0 aliphatic carbocycles. The fourth-order valence-corrected chi connectivity index (χ4v) is 3.45. The zero-order chi connectivity index (χ0) is 16.9. The number of H-pyrrole nitrogens is 1. The van der Waals surface area contributed by atoms with Gasteiger partial charge < -0.3 is 0 Å². The summed E-state index contributed by atoms with van der Waals surface area (Å²) in [4.78, 5) is 12.0. The number of aromatic nitrogens is 3. The van der Waals surface area contributed by atoms with Crippen molar-refractivity contribution in [3.63, 3.8) is 0 Å². The highest BCUT2D eigenvalue weighted by Gasteiger charge is 2.14. The number of nitrogens with zero attached hydrogens (tertiary/aromatic N) is 2. The van der Waals surface area contributed by atoms with Crippen molar-refractivity contribution >= 4 is 11.8 Å². The minimum Gasteiger partial charge on any atom is -0.270 e. The van der Waals surface area contributed by atoms with Crippen LogP contribution in [0.25, 0.3) is 0 Å². The molecule has 0 saturated heterocycles. The van der Waals surface area contributed by atoms with E-state index < -0.39 is 0 Å². The SMILES string of the molecule is C[C@H](Sc1n[nH]c(=O)n1CCc1ccccc1)c1ccc(F)cc1. The van der Waals surface area contributed by atoms with Crippen molar-refractivity contribution in [1.82, 2.24) is 14.8 Å². The molecule has 24 heavy (non-hydrogen) atoms. The summed E-state index contributed by atoms with van der Waals surface area (Å²) in [6.07, 6.45) is 0.763. The summed E-state index contributed by atoms with van der Waals surface area (Å²) < 4.78 is 14.7. The number of hydrogen-bond donors (Lipinski definition) is 1. The van der Waals surface area contributed by atoms with Gasteiger partial charge in [-0.15, -0.1) is 5.10 Å². The second kappa shape index (κ2) is 7.49. The van der Waals surface area contributed by atoms with Gasteiger partial charge in [-0.25, -0.2) is 14.3 Å². The molecular formula is C18H18FN3OS. The number of halogens is 1. The van der Waals surface area contributed by atoms with Crippen LogP contribution in [0, 0.1) is 5.82 Å². The molecular weight excluding hydrogens is 325 g/mol. The molecule has 1 heterocycles. The molecule has 124 valence electrons. The van der Waals surface area contributed by atoms with E-state index in [-0.39, 0.29) is 16.8 Å². The highest BCUT2D eigenvalue weighted by atomic mass is 32.2. The average molecular weight is 343 g/mol. The Balaban J connectivity index is 1.72. The third kappa shape index (κ3) is 3.94. The molecule has 0 aliphatic heterocycles. The monoisotopic (exact) mass is 343 g/mol. The van der Waals surface area contributed by atoms with Crippen LogP contribution in [0.3, 0.4) is 0 Å². The number of thioether (sulfide) groups is 1. The van der Waals surface area contributed by atoms with Gasteiger partial charge in [0.2, 0.25) is 0 Å². The summed E-state index contributed by atoms with van der Waals surface area (Å²) in [5.74, 6) is -0.254. The van der Waals surface area contributed by atoms with Crippen LogP contribution < -0.4 is 5.69 Å². The number of hydrogen-bond acceptors (Lipinski definition) is 3. The lowest BCUT2D eigenvalue weighted by Crippen LogP contribution is -2.19. The fraction of sp³-hybridized carbons (Fsp3) is 0.222. The Morgan fingerprint density at radius 2 is 1.88 bits per heavy atom. The third-order valence-corrected chi connectivity index (χ3v) is 4.96. The lowest BCUT2D eigenvalue weighted by Gasteiger charge is -2.12. The predicted molar refractivity (Wildman–Crippen MR) is 93.7 cm³/mol. The van der Waals surface area contributed by atoms with Gasteiger partial charge in [-0.2, -0.15) is 0 Å². The highest BCUT2D eigenvalue weighted by Crippen LogP contribution is 2.33. The van der Waals surface area contributed by atoms with Gasteiger partial charge >= 0.3 is 5.69 Å². The number of aryl methyl sites for hydroxylation is 1. The largest absolute Gasteiger partial charge is 0.343 e. The van der Waals surface area contributed by atoms with E-state index in [0.717, 1.165) is 12.0 Å². The Bertz CT molecular complexity index is 843. The first kappa shape index (κ1) is 16.5. The number of nitrogens with one attached hydrogen (secondary N) is 1. The Hall–Kier alpha value is -2.34. The van der Waals surface area contributed by atoms with Crippen molar-refractivity contribution in [3.05, 3.63) is 82.0 Å². The molecule has 0 amide bonds. The van der Waals surface area contributed by atoms with Crippen LogP contribution in [0.4, 0.5) is 4.39 Å². The summed E-state index contributed by atoms with van der Waals surface area (Å²) in [7, 11) is 0. The van der Waals surface area contributed by atoms with E-state index in [1.165, 1.54) is 29.5 Å². The summed E-state index contributed by atoms with van der Waals surface area (Å²) in [5.41, 5.74) is 1.96. The molecule has 4 nitrogen and oxygen atoms in total. The smallest absolute Gasteiger partial charge is 0.270 e. The predicted octanol–water partition coefficient (Wildman–Crippen LogP) is 3.81. The second-order valence-electron chi connectivity index (χ2n) is 5.51. The van der Waals surface area contributed by atoms with E-state index in [4.69, 9.17) is 0 Å². The van der Waals surface area contributed by atoms with E-state index >= 15 is 0 Å². The van der Waals surface area contributed by atoms with Gasteiger partial charge in [-0.1, -0.05) is 54.2 Å². The molecule has 0 spiro atoms. The van der Waals surface area contributed by atoms with Crippen molar-refractivity contribution in [1.29, 1.82) is 0 Å². The molecule has 1 atom stereocenters. The van der Waals surface area contributed by atoms with Crippen LogP contribution in [0.5, 0.6) is 0 Å². The summed E-state index contributed by atoms with van der Waals surface area (Å²) in [6, 6.07) is 16.4. The molecule has 0 radical (unpaired) electrons. The molecule has 1 N–H and O–H groups in total. The Morgan fingerprint density at radius 1 is 1.17 bits per heavy atom. The van der Waals surface area contributed by atoms with Crippen LogP contribution in [-0.2, 0) is 13.0 Å². The Labute approximate surface area is 143 Å². The molecule has 3 aromatic rings. The van der Waals surface area contributed by atoms with Crippen molar-refractivity contribution in [3.8, 4) is 0 Å². The Morgan fingerprint density at radius 3 is 2.58 bits per heavy atom. The van der Waals surface area contributed by atoms with Crippen LogP contribution >= 0.6 is 11.8 Å². The van der Waals surface area contributed by atoms with E-state index in [1.807, 2.05) is 37.3 Å². The molecule has 0 saturated carbocycles. The maximum atomic E-state index is 13.0. The van der Waals surface area contributed by atoms with Crippen LogP contribution in [0.2, 0.25) is 0 Å². The van der Waals surface area contributed by atoms with Crippen LogP contribution in [0.15, 0.2) is 64.5 Å². The normalized spacial score (nSPS) is 12.2. The molecule has 1 aromatic heterocycles. The summed E-state index contributed by atoms with van der Waals surface area (Å²) in [6.45, 7) is 2.58. The van der Waals surface area contributed by atoms with Gasteiger partial charge in [0, 0.05) is 11.8 Å². The van der Waals surface area contributed by atoms with Gasteiger partial charge in [0.15, 0.2) is 5.16 Å². The zero-order valence-electron chi connectivity index (χ0n) is 13.3. The second-order valence-corrected chi connectivity index (χ2v) is 6.82. The maximum Gasteiger partial charge on any atom is 0.343 e. The van der Waals surface area contributed by atoms with Gasteiger partial charge in [-0.3, -0.25) is 4.57 Å². The number of benzene rings is 2. The lowest BCUT2D eigenvalue weighted by molar-refractivity contribution is 0.615. The van der Waals surface area contributed by atoms with E-state index in [9.17, 15) is 9.18 Å². The van der Waals surface area contributed by atoms with E-state index in [2.05, 4.69) is 10.2 Å². The van der Waals surface area contributed by atoms with E-state index in [1.54, 1.807) is 16.7 Å². The lowest BCUT2D eigenvalue weighted by atomic mass is 10.1. The van der Waals surface area contributed by atoms with Crippen LogP contribution in [-0.4, -0.2) is 14.8 Å². The maximum absolute atomic E-state index is 13.0. The van der Waals surface area contributed by atoms with Crippen molar-refractivity contribution < 1.29 is 4.39 Å². The van der Waals surface area contributed by atoms with Gasteiger partial charge in [-0.05, 0) is 36.6 Å². The molecule has 0 aliphatic rings. The van der Waals surface area contributed by atoms with Crippen molar-refractivity contribution in [2.24, 2.45) is 0 Å². The van der Waals surface area contributed by atoms with Crippen molar-refractivity contribution in [2.75, 3.05) is 0 Å². The van der Waals surface area contributed by atoms with Gasteiger partial charge in [0.25, 0.3) is 0 Å². The van der Waals surface area contributed by atoms with Gasteiger partial charge in [0.05, 0.1) is 0 Å². The standard InChI is InChI=1S/C18H18FN3OS/c1-13(15-7-9-16(19)10-8-15)24-18-21-20-17(23)22(18)12-11-14-5-3-2-4-6-14/h2-10,13H,11-12H2,1H3,(H,20,23)/t13-/m0/s1. The molecule has 2 aromatic carbocycles. The minimum absolute atomic E-state index is 0.0660. The van der Waals surface area contributed by atoms with Gasteiger partial charge in [0.1, 0.15) is 5.82 Å². The van der Waals surface area contributed by atoms with Crippen LogP contribution in [0.1, 0.15) is 23.3 Å². The molecule has 0 bridgehead atoms. The first-order chi connectivity index (χ1) is 11.6.